The molecule has 0 saturated heterocycles. The van der Waals surface area contributed by atoms with E-state index in [-0.39, 0.29) is 0 Å². The van der Waals surface area contributed by atoms with Crippen molar-refractivity contribution in [1.29, 1.82) is 0 Å². The third-order valence-corrected chi connectivity index (χ3v) is 15.1. The van der Waals surface area contributed by atoms with Crippen molar-refractivity contribution in [1.82, 2.24) is 0 Å². The zero-order chi connectivity index (χ0) is 48.3. The second-order valence-corrected chi connectivity index (χ2v) is 19.2. The minimum Gasteiger partial charge on any atom is -0.456 e. The van der Waals surface area contributed by atoms with Gasteiger partial charge < -0.3 is 9.64 Å². The van der Waals surface area contributed by atoms with Crippen LogP contribution < -0.4 is 9.64 Å². The molecule has 2 nitrogen and oxygen atoms in total. The van der Waals surface area contributed by atoms with E-state index in [2.05, 4.69) is 290 Å². The third kappa shape index (κ3) is 7.02. The lowest BCUT2D eigenvalue weighted by molar-refractivity contribution is 0.487. The Labute approximate surface area is 426 Å². The van der Waals surface area contributed by atoms with E-state index in [9.17, 15) is 0 Å². The van der Waals surface area contributed by atoms with Gasteiger partial charge in [0.05, 0.1) is 5.41 Å². The molecule has 0 spiro atoms. The molecule has 0 N–H and O–H groups in total. The summed E-state index contributed by atoms with van der Waals surface area (Å²) in [5.41, 5.74) is 21.9. The highest BCUT2D eigenvalue weighted by atomic mass is 16.5. The van der Waals surface area contributed by atoms with Crippen molar-refractivity contribution >= 4 is 27.8 Å². The average Bonchev–Trinajstić information content (AvgIpc) is 3.77. The zero-order valence-corrected chi connectivity index (χ0v) is 40.0. The summed E-state index contributed by atoms with van der Waals surface area (Å²) in [6, 6.07) is 104. The highest BCUT2D eigenvalue weighted by Crippen LogP contribution is 2.57. The first-order valence-electron chi connectivity index (χ1n) is 25.1. The monoisotopic (exact) mass is 929 g/mol. The average molecular weight is 930 g/mol. The minimum absolute atomic E-state index is 0.545. The summed E-state index contributed by atoms with van der Waals surface area (Å²) in [7, 11) is 0. The van der Waals surface area contributed by atoms with Crippen LogP contribution in [0.15, 0.2) is 285 Å². The SMILES string of the molecule is c1ccc(-c2ccc(-c3ccc(N(c4cccc(-c5ccc6c(c5)-c5cccc7cccc(c57)O6)c4)c4ccc5c(c4)C(c4ccccc4)(c4ccccc4)c4ccccc4-5)cc3)cc2-c2ccccc2)cc1. The van der Waals surface area contributed by atoms with Crippen LogP contribution in [0.25, 0.3) is 77.5 Å². The predicted octanol–water partition coefficient (Wildman–Crippen LogP) is 19.1. The first kappa shape index (κ1) is 42.4. The third-order valence-electron chi connectivity index (χ3n) is 15.1. The van der Waals surface area contributed by atoms with E-state index in [1.54, 1.807) is 0 Å². The van der Waals surface area contributed by atoms with Gasteiger partial charge in [0.2, 0.25) is 0 Å². The number of benzene rings is 12. The van der Waals surface area contributed by atoms with Crippen molar-refractivity contribution in [2.75, 3.05) is 4.90 Å². The molecule has 0 saturated carbocycles. The van der Waals surface area contributed by atoms with Crippen LogP contribution in [0.3, 0.4) is 0 Å². The quantitative estimate of drug-likeness (QED) is 0.143. The van der Waals surface area contributed by atoms with Gasteiger partial charge in [-0.1, -0.05) is 224 Å². The van der Waals surface area contributed by atoms with E-state index in [0.29, 0.717) is 0 Å². The second kappa shape index (κ2) is 17.4. The van der Waals surface area contributed by atoms with Gasteiger partial charge in [-0.25, -0.2) is 0 Å². The van der Waals surface area contributed by atoms with Gasteiger partial charge in [-0.15, -0.1) is 0 Å². The molecule has 0 radical (unpaired) electrons. The topological polar surface area (TPSA) is 12.5 Å². The Morgan fingerprint density at radius 3 is 1.51 bits per heavy atom. The van der Waals surface area contributed by atoms with Crippen LogP contribution in [0, 0.1) is 0 Å². The van der Waals surface area contributed by atoms with Gasteiger partial charge >= 0.3 is 0 Å². The highest BCUT2D eigenvalue weighted by molar-refractivity contribution is 6.04. The fraction of sp³-hybridized carbons (Fsp3) is 0.0141. The van der Waals surface area contributed by atoms with Gasteiger partial charge in [-0.05, 0) is 150 Å². The van der Waals surface area contributed by atoms with E-state index >= 15 is 0 Å². The van der Waals surface area contributed by atoms with E-state index < -0.39 is 5.41 Å². The van der Waals surface area contributed by atoms with Crippen LogP contribution in [0.4, 0.5) is 17.1 Å². The largest absolute Gasteiger partial charge is 0.456 e. The number of hydrogen-bond donors (Lipinski definition) is 0. The van der Waals surface area contributed by atoms with Crippen molar-refractivity contribution in [3.63, 3.8) is 0 Å². The molecule has 2 aliphatic rings. The van der Waals surface area contributed by atoms with Gasteiger partial charge in [-0.3, -0.25) is 0 Å². The molecule has 12 aromatic carbocycles. The van der Waals surface area contributed by atoms with Crippen LogP contribution in [-0.4, -0.2) is 0 Å². The minimum atomic E-state index is -0.545. The van der Waals surface area contributed by atoms with Crippen molar-refractivity contribution in [3.05, 3.63) is 307 Å². The second-order valence-electron chi connectivity index (χ2n) is 19.2. The van der Waals surface area contributed by atoms with Crippen LogP contribution >= 0.6 is 0 Å². The van der Waals surface area contributed by atoms with Gasteiger partial charge in [0.25, 0.3) is 0 Å². The summed E-state index contributed by atoms with van der Waals surface area (Å²) >= 11 is 0. The number of nitrogens with zero attached hydrogens (tertiary/aromatic N) is 1. The summed E-state index contributed by atoms with van der Waals surface area (Å²) < 4.78 is 6.55. The smallest absolute Gasteiger partial charge is 0.135 e. The van der Waals surface area contributed by atoms with Crippen molar-refractivity contribution < 1.29 is 4.74 Å². The lowest BCUT2D eigenvalue weighted by Gasteiger charge is -2.35. The molecule has 73 heavy (non-hydrogen) atoms. The Kier molecular flexibility index (Phi) is 10.1. The van der Waals surface area contributed by atoms with Crippen molar-refractivity contribution in [2.45, 2.75) is 5.41 Å². The lowest BCUT2D eigenvalue weighted by Crippen LogP contribution is -2.28. The maximum atomic E-state index is 6.55. The predicted molar refractivity (Wildman–Crippen MR) is 303 cm³/mol. The first-order chi connectivity index (χ1) is 36.2. The first-order valence-corrected chi connectivity index (χ1v) is 25.1. The molecule has 0 aromatic heterocycles. The molecule has 0 amide bonds. The van der Waals surface area contributed by atoms with Crippen molar-refractivity contribution in [2.24, 2.45) is 0 Å². The Hall–Kier alpha value is -9.50. The molecule has 342 valence electrons. The van der Waals surface area contributed by atoms with Gasteiger partial charge in [-0.2, -0.15) is 0 Å². The fourth-order valence-electron chi connectivity index (χ4n) is 11.8. The summed E-state index contributed by atoms with van der Waals surface area (Å²) in [6.07, 6.45) is 0. The van der Waals surface area contributed by atoms with Crippen LogP contribution in [0.5, 0.6) is 11.5 Å². The maximum absolute atomic E-state index is 6.55. The molecule has 0 unspecified atom stereocenters. The highest BCUT2D eigenvalue weighted by Gasteiger charge is 2.46. The maximum Gasteiger partial charge on any atom is 0.135 e. The number of anilines is 3. The van der Waals surface area contributed by atoms with Gasteiger partial charge in [0, 0.05) is 28.0 Å². The van der Waals surface area contributed by atoms with E-state index in [0.717, 1.165) is 56.2 Å². The number of ether oxygens (including phenoxy) is 1. The molecular weight excluding hydrogens is 883 g/mol. The molecule has 2 heteroatoms. The standard InChI is InChI=1S/C71H47NO/c1-5-18-49(19-6-1)60-41-36-53(45-64(60)50-20-7-2-8-21-50)48-34-38-57(39-35-48)72(58-29-15-24-52(44-58)54-37-43-68-65(46-54)63-31-16-22-51-23-17-33-69(73-68)70(51)63)59-40-42-62-61-30-13-14-32-66(61)71(67(62)47-59,55-25-9-3-10-26-55)56-27-11-4-12-28-56/h1-47H. The summed E-state index contributed by atoms with van der Waals surface area (Å²) in [5, 5.41) is 2.33. The Bertz CT molecular complexity index is 3990. The van der Waals surface area contributed by atoms with E-state index in [1.807, 2.05) is 0 Å². The molecule has 1 heterocycles. The van der Waals surface area contributed by atoms with Gasteiger partial charge in [0.1, 0.15) is 11.5 Å². The van der Waals surface area contributed by atoms with Crippen molar-refractivity contribution in [3.8, 4) is 78.3 Å². The lowest BCUT2D eigenvalue weighted by atomic mass is 9.67. The summed E-state index contributed by atoms with van der Waals surface area (Å²) in [6.45, 7) is 0. The molecule has 0 bridgehead atoms. The molecular formula is C71H47NO. The number of rotatable bonds is 9. The molecule has 14 rings (SSSR count). The van der Waals surface area contributed by atoms with Gasteiger partial charge in [0.15, 0.2) is 0 Å². The van der Waals surface area contributed by atoms with Crippen LogP contribution in [0.2, 0.25) is 0 Å². The number of fused-ring (bicyclic) bond motifs is 5. The molecule has 1 aliphatic heterocycles. The van der Waals surface area contributed by atoms with Crippen LogP contribution in [-0.2, 0) is 5.41 Å². The van der Waals surface area contributed by atoms with E-state index in [1.165, 1.54) is 72.1 Å². The zero-order valence-electron chi connectivity index (χ0n) is 40.0. The fourth-order valence-corrected chi connectivity index (χ4v) is 11.8. The summed E-state index contributed by atoms with van der Waals surface area (Å²) in [4.78, 5) is 2.43. The molecule has 1 aliphatic carbocycles. The molecule has 0 fully saturated rings. The number of hydrogen-bond acceptors (Lipinski definition) is 2. The Balaban J connectivity index is 0.936. The Morgan fingerprint density at radius 1 is 0.260 bits per heavy atom. The van der Waals surface area contributed by atoms with E-state index in [4.69, 9.17) is 4.74 Å². The molecule has 12 aromatic rings. The van der Waals surface area contributed by atoms with Crippen LogP contribution in [0.1, 0.15) is 22.3 Å². The summed E-state index contributed by atoms with van der Waals surface area (Å²) in [5.74, 6) is 1.77. The molecule has 0 atom stereocenters. The normalized spacial score (nSPS) is 12.6. The Morgan fingerprint density at radius 2 is 0.767 bits per heavy atom.